The van der Waals surface area contributed by atoms with Crippen LogP contribution in [0.15, 0.2) is 0 Å². The lowest BCUT2D eigenvalue weighted by molar-refractivity contribution is -0.124. The molecule has 2 N–H and O–H groups in total. The van der Waals surface area contributed by atoms with Gasteiger partial charge in [0.1, 0.15) is 0 Å². The van der Waals surface area contributed by atoms with Crippen molar-refractivity contribution in [3.63, 3.8) is 0 Å². The van der Waals surface area contributed by atoms with Crippen LogP contribution in [0.1, 0.15) is 72.1 Å². The van der Waals surface area contributed by atoms with E-state index in [-0.39, 0.29) is 11.9 Å². The first kappa shape index (κ1) is 15.8. The van der Waals surface area contributed by atoms with E-state index in [4.69, 9.17) is 0 Å². The van der Waals surface area contributed by atoms with Crippen LogP contribution in [-0.2, 0) is 4.79 Å². The Labute approximate surface area is 124 Å². The fraction of sp³-hybridized carbons (Fsp3) is 0.941. The second-order valence-electron chi connectivity index (χ2n) is 7.57. The average molecular weight is 280 g/mol. The van der Waals surface area contributed by atoms with Gasteiger partial charge in [-0.3, -0.25) is 4.79 Å². The van der Waals surface area contributed by atoms with Crippen LogP contribution in [0.4, 0.5) is 0 Å². The van der Waals surface area contributed by atoms with Gasteiger partial charge in [0.05, 0.1) is 6.04 Å². The summed E-state index contributed by atoms with van der Waals surface area (Å²) in [5, 5.41) is 6.69. The number of carbonyl (C=O) groups is 1. The maximum atomic E-state index is 12.4. The second kappa shape index (κ2) is 6.93. The van der Waals surface area contributed by atoms with Crippen LogP contribution in [-0.4, -0.2) is 24.5 Å². The van der Waals surface area contributed by atoms with Crippen molar-refractivity contribution in [1.29, 1.82) is 0 Å². The number of nitrogens with one attached hydrogen (secondary N) is 2. The molecule has 1 aliphatic heterocycles. The molecule has 0 aromatic rings. The summed E-state index contributed by atoms with van der Waals surface area (Å²) in [6.45, 7) is 7.66. The molecule has 2 atom stereocenters. The van der Waals surface area contributed by atoms with E-state index in [0.29, 0.717) is 11.5 Å². The van der Waals surface area contributed by atoms with E-state index in [0.717, 1.165) is 18.9 Å². The molecule has 1 saturated heterocycles. The van der Waals surface area contributed by atoms with E-state index < -0.39 is 0 Å². The Morgan fingerprint density at radius 1 is 1.25 bits per heavy atom. The fourth-order valence-corrected chi connectivity index (χ4v) is 4.19. The van der Waals surface area contributed by atoms with Crippen LogP contribution in [0, 0.1) is 11.3 Å². The van der Waals surface area contributed by atoms with Gasteiger partial charge in [-0.1, -0.05) is 26.7 Å². The highest BCUT2D eigenvalue weighted by Crippen LogP contribution is 2.42. The minimum absolute atomic E-state index is 0.0382. The van der Waals surface area contributed by atoms with E-state index in [1.54, 1.807) is 0 Å². The van der Waals surface area contributed by atoms with E-state index in [1.807, 2.05) is 0 Å². The Hall–Kier alpha value is -0.570. The van der Waals surface area contributed by atoms with Crippen molar-refractivity contribution in [2.75, 3.05) is 6.54 Å². The molecule has 2 aliphatic rings. The number of amides is 1. The molecule has 0 aromatic heterocycles. The third-order valence-electron chi connectivity index (χ3n) is 5.08. The number of carbonyl (C=O) groups excluding carboxylic acids is 1. The summed E-state index contributed by atoms with van der Waals surface area (Å²) in [6.07, 6.45) is 9.86. The van der Waals surface area contributed by atoms with Gasteiger partial charge >= 0.3 is 0 Å². The predicted octanol–water partition coefficient (Wildman–Crippen LogP) is 3.24. The first-order valence-electron chi connectivity index (χ1n) is 8.54. The van der Waals surface area contributed by atoms with E-state index in [1.165, 1.54) is 44.9 Å². The minimum atomic E-state index is 0.0382. The topological polar surface area (TPSA) is 41.1 Å². The number of piperidine rings is 1. The van der Waals surface area contributed by atoms with Crippen molar-refractivity contribution in [1.82, 2.24) is 10.6 Å². The van der Waals surface area contributed by atoms with Crippen molar-refractivity contribution in [2.24, 2.45) is 11.3 Å². The first-order chi connectivity index (χ1) is 9.51. The molecule has 0 spiro atoms. The summed E-state index contributed by atoms with van der Waals surface area (Å²) < 4.78 is 0. The van der Waals surface area contributed by atoms with Gasteiger partial charge in [0.15, 0.2) is 0 Å². The van der Waals surface area contributed by atoms with E-state index in [2.05, 4.69) is 31.4 Å². The lowest BCUT2D eigenvalue weighted by atomic mass is 9.78. The maximum Gasteiger partial charge on any atom is 0.237 e. The third kappa shape index (κ3) is 4.21. The number of hydrogen-bond donors (Lipinski definition) is 2. The maximum absolute atomic E-state index is 12.4. The third-order valence-corrected chi connectivity index (χ3v) is 5.08. The van der Waals surface area contributed by atoms with Crippen molar-refractivity contribution in [2.45, 2.75) is 84.2 Å². The van der Waals surface area contributed by atoms with Crippen LogP contribution in [0.2, 0.25) is 0 Å². The fourth-order valence-electron chi connectivity index (χ4n) is 4.19. The number of rotatable bonds is 5. The molecule has 3 heteroatoms. The second-order valence-corrected chi connectivity index (χ2v) is 7.57. The molecule has 2 unspecified atom stereocenters. The largest absolute Gasteiger partial charge is 0.354 e. The van der Waals surface area contributed by atoms with Gasteiger partial charge in [0.25, 0.3) is 0 Å². The smallest absolute Gasteiger partial charge is 0.237 e. The first-order valence-corrected chi connectivity index (χ1v) is 8.54. The molecule has 2 fully saturated rings. The average Bonchev–Trinajstić information content (AvgIpc) is 2.84. The normalized spacial score (nSPS) is 29.6. The predicted molar refractivity (Wildman–Crippen MR) is 83.6 cm³/mol. The molecule has 0 bridgehead atoms. The molecule has 2 rings (SSSR count). The Kier molecular flexibility index (Phi) is 5.48. The molecule has 1 heterocycles. The summed E-state index contributed by atoms with van der Waals surface area (Å²) in [5.41, 5.74) is 0.379. The minimum Gasteiger partial charge on any atom is -0.354 e. The van der Waals surface area contributed by atoms with Gasteiger partial charge < -0.3 is 10.6 Å². The van der Waals surface area contributed by atoms with Crippen molar-refractivity contribution in [3.8, 4) is 0 Å². The highest BCUT2D eigenvalue weighted by atomic mass is 16.2. The van der Waals surface area contributed by atoms with Crippen LogP contribution in [0.3, 0.4) is 0 Å². The van der Waals surface area contributed by atoms with Crippen molar-refractivity contribution >= 4 is 5.91 Å². The zero-order chi connectivity index (χ0) is 14.6. The monoisotopic (exact) mass is 280 g/mol. The molecule has 3 nitrogen and oxygen atoms in total. The Morgan fingerprint density at radius 3 is 2.55 bits per heavy atom. The molecular formula is C17H32N2O. The summed E-state index contributed by atoms with van der Waals surface area (Å²) in [5.74, 6) is 0.949. The molecule has 0 radical (unpaired) electrons. The van der Waals surface area contributed by atoms with Gasteiger partial charge in [-0.05, 0) is 56.8 Å². The van der Waals surface area contributed by atoms with Crippen LogP contribution in [0.25, 0.3) is 0 Å². The molecule has 1 amide bonds. The van der Waals surface area contributed by atoms with Gasteiger partial charge in [-0.25, -0.2) is 0 Å². The molecule has 0 aromatic carbocycles. The summed E-state index contributed by atoms with van der Waals surface area (Å²) in [4.78, 5) is 12.4. The quantitative estimate of drug-likeness (QED) is 0.811. The van der Waals surface area contributed by atoms with Crippen molar-refractivity contribution in [3.05, 3.63) is 0 Å². The lowest BCUT2D eigenvalue weighted by Crippen LogP contribution is -2.51. The lowest BCUT2D eigenvalue weighted by Gasteiger charge is -2.33. The Morgan fingerprint density at radius 2 is 1.95 bits per heavy atom. The molecular weight excluding hydrogens is 248 g/mol. The van der Waals surface area contributed by atoms with Gasteiger partial charge in [0, 0.05) is 12.6 Å². The van der Waals surface area contributed by atoms with Gasteiger partial charge in [-0.15, -0.1) is 0 Å². The zero-order valence-electron chi connectivity index (χ0n) is 13.5. The van der Waals surface area contributed by atoms with Crippen LogP contribution < -0.4 is 10.6 Å². The summed E-state index contributed by atoms with van der Waals surface area (Å²) in [7, 11) is 0. The van der Waals surface area contributed by atoms with Gasteiger partial charge in [0.2, 0.25) is 5.91 Å². The molecule has 1 saturated carbocycles. The zero-order valence-corrected chi connectivity index (χ0v) is 13.5. The Balaban J connectivity index is 1.84. The van der Waals surface area contributed by atoms with Crippen LogP contribution >= 0.6 is 0 Å². The van der Waals surface area contributed by atoms with E-state index in [9.17, 15) is 4.79 Å². The van der Waals surface area contributed by atoms with Crippen LogP contribution in [0.5, 0.6) is 0 Å². The molecule has 1 aliphatic carbocycles. The molecule has 20 heavy (non-hydrogen) atoms. The van der Waals surface area contributed by atoms with Gasteiger partial charge in [-0.2, -0.15) is 0 Å². The highest BCUT2D eigenvalue weighted by molar-refractivity contribution is 5.81. The summed E-state index contributed by atoms with van der Waals surface area (Å²) >= 11 is 0. The summed E-state index contributed by atoms with van der Waals surface area (Å²) in [6, 6.07) is 0.520. The molecule has 116 valence electrons. The van der Waals surface area contributed by atoms with E-state index >= 15 is 0 Å². The van der Waals surface area contributed by atoms with Crippen molar-refractivity contribution < 1.29 is 4.79 Å². The highest BCUT2D eigenvalue weighted by Gasteiger charge is 2.35. The SMILES string of the molecule is CC(C)CC1(CNC(=O)C2CCCC(C)N2)CCCC1. The Bertz CT molecular complexity index is 321. The number of hydrogen-bond acceptors (Lipinski definition) is 2. The standard InChI is InChI=1S/C17H32N2O/c1-13(2)11-17(9-4-5-10-17)12-18-16(20)15-8-6-7-14(3)19-15/h13-15,19H,4-12H2,1-3H3,(H,18,20).